The Morgan fingerprint density at radius 3 is 2.52 bits per heavy atom. The summed E-state index contributed by atoms with van der Waals surface area (Å²) in [5.41, 5.74) is 0.194. The van der Waals surface area contributed by atoms with Crippen LogP contribution in [-0.2, 0) is 10.9 Å². The summed E-state index contributed by atoms with van der Waals surface area (Å²) in [4.78, 5) is 16.0. The molecule has 0 saturated carbocycles. The van der Waals surface area contributed by atoms with Gasteiger partial charge >= 0.3 is 12.1 Å². The van der Waals surface area contributed by atoms with Crippen LogP contribution < -0.4 is 5.32 Å². The Hall–Kier alpha value is -3.09. The van der Waals surface area contributed by atoms with E-state index < -0.39 is 17.7 Å². The molecule has 0 aliphatic rings. The number of nitrogens with one attached hydrogen (secondary N) is 1. The minimum absolute atomic E-state index is 0.204. The lowest BCUT2D eigenvalue weighted by Gasteiger charge is -2.11. The van der Waals surface area contributed by atoms with Gasteiger partial charge in [-0.05, 0) is 36.4 Å². The van der Waals surface area contributed by atoms with Gasteiger partial charge in [-0.25, -0.2) is 9.78 Å². The number of carbonyl (C=O) groups excluding carboxylic acids is 1. The Morgan fingerprint density at radius 1 is 1.08 bits per heavy atom. The quantitative estimate of drug-likeness (QED) is 0.693. The predicted molar refractivity (Wildman–Crippen MR) is 87.8 cm³/mol. The zero-order valence-corrected chi connectivity index (χ0v) is 13.1. The molecule has 0 spiro atoms. The van der Waals surface area contributed by atoms with E-state index >= 15 is 0 Å². The van der Waals surface area contributed by atoms with E-state index in [0.29, 0.717) is 22.5 Å². The Balaban J connectivity index is 1.99. The van der Waals surface area contributed by atoms with Crippen molar-refractivity contribution in [2.75, 3.05) is 12.4 Å². The lowest BCUT2D eigenvalue weighted by atomic mass is 10.1. The summed E-state index contributed by atoms with van der Waals surface area (Å²) in [6.07, 6.45) is -4.43. The summed E-state index contributed by atoms with van der Waals surface area (Å²) in [5.74, 6) is -0.202. The van der Waals surface area contributed by atoms with E-state index in [1.807, 2.05) is 0 Å². The number of anilines is 2. The average molecular weight is 346 g/mol. The molecule has 1 N–H and O–H groups in total. The van der Waals surface area contributed by atoms with Crippen LogP contribution in [0.3, 0.4) is 0 Å². The molecule has 0 amide bonds. The van der Waals surface area contributed by atoms with Crippen molar-refractivity contribution in [2.24, 2.45) is 0 Å². The third-order valence-corrected chi connectivity index (χ3v) is 3.61. The van der Waals surface area contributed by atoms with Gasteiger partial charge in [-0.3, -0.25) is 0 Å². The topological polar surface area (TPSA) is 51.2 Å². The number of halogens is 3. The zero-order valence-electron chi connectivity index (χ0n) is 13.1. The van der Waals surface area contributed by atoms with Crippen molar-refractivity contribution in [2.45, 2.75) is 6.18 Å². The number of benzene rings is 2. The van der Waals surface area contributed by atoms with Crippen LogP contribution in [0.1, 0.15) is 15.9 Å². The fraction of sp³-hybridized carbons (Fsp3) is 0.111. The van der Waals surface area contributed by atoms with Crippen LogP contribution in [0.5, 0.6) is 0 Å². The van der Waals surface area contributed by atoms with Crippen LogP contribution >= 0.6 is 0 Å². The molecule has 0 radical (unpaired) electrons. The normalized spacial score (nSPS) is 11.4. The van der Waals surface area contributed by atoms with Crippen LogP contribution in [0.15, 0.2) is 54.6 Å². The predicted octanol–water partition coefficient (Wildman–Crippen LogP) is 4.78. The molecule has 0 unspecified atom stereocenters. The molecule has 0 fully saturated rings. The Labute approximate surface area is 141 Å². The highest BCUT2D eigenvalue weighted by Crippen LogP contribution is 2.31. The van der Waals surface area contributed by atoms with Crippen LogP contribution in [0.2, 0.25) is 0 Å². The number of ether oxygens (including phenoxy) is 1. The first-order valence-corrected chi connectivity index (χ1v) is 7.31. The molecule has 2 aromatic carbocycles. The van der Waals surface area contributed by atoms with Gasteiger partial charge in [0.25, 0.3) is 0 Å². The first-order valence-electron chi connectivity index (χ1n) is 7.31. The van der Waals surface area contributed by atoms with E-state index in [1.165, 1.54) is 13.2 Å². The third kappa shape index (κ3) is 3.55. The second kappa shape index (κ2) is 6.43. The van der Waals surface area contributed by atoms with Crippen LogP contribution in [0, 0.1) is 0 Å². The molecule has 3 aromatic rings. The highest BCUT2D eigenvalue weighted by molar-refractivity contribution is 5.96. The number of para-hydroxylation sites is 1. The van der Waals surface area contributed by atoms with Crippen molar-refractivity contribution >= 4 is 28.4 Å². The highest BCUT2D eigenvalue weighted by Gasteiger charge is 2.30. The van der Waals surface area contributed by atoms with E-state index in [0.717, 1.165) is 12.1 Å². The fourth-order valence-corrected chi connectivity index (χ4v) is 2.38. The number of methoxy groups -OCH3 is 1. The minimum atomic E-state index is -4.43. The standard InChI is InChI=1S/C18H13F3N2O2/c1-25-17(24)13-4-2-3-5-14(13)22-16-9-7-11-6-8-12(18(19,20)21)10-15(11)23-16/h2-10H,1H3,(H,22,23). The van der Waals surface area contributed by atoms with Gasteiger partial charge in [0.15, 0.2) is 0 Å². The van der Waals surface area contributed by atoms with Crippen molar-refractivity contribution in [3.8, 4) is 0 Å². The van der Waals surface area contributed by atoms with Crippen molar-refractivity contribution in [3.05, 3.63) is 65.7 Å². The molecule has 4 nitrogen and oxygen atoms in total. The molecule has 1 heterocycles. The first-order chi connectivity index (χ1) is 11.9. The number of alkyl halides is 3. The van der Waals surface area contributed by atoms with E-state index in [4.69, 9.17) is 4.74 Å². The number of fused-ring (bicyclic) bond motifs is 1. The molecule has 1 aromatic heterocycles. The van der Waals surface area contributed by atoms with E-state index in [2.05, 4.69) is 10.3 Å². The number of hydrogen-bond acceptors (Lipinski definition) is 4. The number of pyridine rings is 1. The van der Waals surface area contributed by atoms with Gasteiger partial charge in [0, 0.05) is 5.39 Å². The summed E-state index contributed by atoms with van der Waals surface area (Å²) < 4.78 is 43.3. The Kier molecular flexibility index (Phi) is 4.31. The van der Waals surface area contributed by atoms with E-state index in [9.17, 15) is 18.0 Å². The minimum Gasteiger partial charge on any atom is -0.465 e. The SMILES string of the molecule is COC(=O)c1ccccc1Nc1ccc2ccc(C(F)(F)F)cc2n1. The molecule has 0 aliphatic carbocycles. The lowest BCUT2D eigenvalue weighted by Crippen LogP contribution is -2.06. The number of hydrogen-bond donors (Lipinski definition) is 1. The lowest BCUT2D eigenvalue weighted by molar-refractivity contribution is -0.137. The number of nitrogens with zero attached hydrogens (tertiary/aromatic N) is 1. The third-order valence-electron chi connectivity index (χ3n) is 3.61. The second-order valence-corrected chi connectivity index (χ2v) is 5.26. The van der Waals surface area contributed by atoms with Crippen molar-refractivity contribution in [1.82, 2.24) is 4.98 Å². The van der Waals surface area contributed by atoms with E-state index in [1.54, 1.807) is 36.4 Å². The summed E-state index contributed by atoms with van der Waals surface area (Å²) in [7, 11) is 1.27. The molecule has 25 heavy (non-hydrogen) atoms. The van der Waals surface area contributed by atoms with Crippen LogP contribution in [0.4, 0.5) is 24.7 Å². The maximum atomic E-state index is 12.8. The van der Waals surface area contributed by atoms with Gasteiger partial charge in [-0.2, -0.15) is 13.2 Å². The van der Waals surface area contributed by atoms with Gasteiger partial charge in [0.05, 0.1) is 29.4 Å². The molecule has 0 aliphatic heterocycles. The summed E-state index contributed by atoms with van der Waals surface area (Å²) in [6.45, 7) is 0. The van der Waals surface area contributed by atoms with E-state index in [-0.39, 0.29) is 5.52 Å². The molecule has 0 atom stereocenters. The van der Waals surface area contributed by atoms with Crippen molar-refractivity contribution < 1.29 is 22.7 Å². The van der Waals surface area contributed by atoms with Crippen molar-refractivity contribution in [1.29, 1.82) is 0 Å². The fourth-order valence-electron chi connectivity index (χ4n) is 2.38. The number of carbonyl (C=O) groups is 1. The molecule has 0 bridgehead atoms. The largest absolute Gasteiger partial charge is 0.465 e. The van der Waals surface area contributed by atoms with Crippen LogP contribution in [-0.4, -0.2) is 18.1 Å². The van der Waals surface area contributed by atoms with Gasteiger partial charge in [0.2, 0.25) is 0 Å². The second-order valence-electron chi connectivity index (χ2n) is 5.26. The Morgan fingerprint density at radius 2 is 1.80 bits per heavy atom. The van der Waals surface area contributed by atoms with Gasteiger partial charge in [-0.15, -0.1) is 0 Å². The number of esters is 1. The highest BCUT2D eigenvalue weighted by atomic mass is 19.4. The summed E-state index contributed by atoms with van der Waals surface area (Å²) in [6, 6.07) is 13.3. The van der Waals surface area contributed by atoms with Gasteiger partial charge in [-0.1, -0.05) is 18.2 Å². The van der Waals surface area contributed by atoms with Gasteiger partial charge in [0.1, 0.15) is 5.82 Å². The molecule has 3 rings (SSSR count). The molecule has 0 saturated heterocycles. The first kappa shape index (κ1) is 16.8. The monoisotopic (exact) mass is 346 g/mol. The molecule has 128 valence electrons. The summed E-state index contributed by atoms with van der Waals surface area (Å²) in [5, 5.41) is 3.53. The van der Waals surface area contributed by atoms with Crippen molar-refractivity contribution in [3.63, 3.8) is 0 Å². The molecular weight excluding hydrogens is 333 g/mol. The number of rotatable bonds is 3. The number of aromatic nitrogens is 1. The average Bonchev–Trinajstić information content (AvgIpc) is 2.60. The summed E-state index contributed by atoms with van der Waals surface area (Å²) >= 11 is 0. The molecular formula is C18H13F3N2O2. The maximum absolute atomic E-state index is 12.8. The zero-order chi connectivity index (χ0) is 18.0. The van der Waals surface area contributed by atoms with Gasteiger partial charge < -0.3 is 10.1 Å². The smallest absolute Gasteiger partial charge is 0.416 e. The van der Waals surface area contributed by atoms with Crippen LogP contribution in [0.25, 0.3) is 10.9 Å². The molecule has 7 heteroatoms. The maximum Gasteiger partial charge on any atom is 0.416 e. The Bertz CT molecular complexity index is 939.